The first kappa shape index (κ1) is 13.6. The summed E-state index contributed by atoms with van der Waals surface area (Å²) in [6.07, 6.45) is -3.23. The number of carboxylic acid groups (broad SMARTS) is 1. The van der Waals surface area contributed by atoms with Crippen molar-refractivity contribution in [1.82, 2.24) is 0 Å². The molecule has 0 bridgehead atoms. The first-order valence-corrected chi connectivity index (χ1v) is 6.56. The minimum absolute atomic E-state index is 0.387. The number of aliphatic hydroxyl groups is 2. The molecule has 0 radical (unpaired) electrons. The molecule has 0 saturated carbocycles. The lowest BCUT2D eigenvalue weighted by Gasteiger charge is -2.16. The number of fused-ring (bicyclic) bond motifs is 3. The van der Waals surface area contributed by atoms with Gasteiger partial charge in [-0.1, -0.05) is 36.4 Å². The van der Waals surface area contributed by atoms with Crippen molar-refractivity contribution >= 4 is 27.9 Å². The quantitative estimate of drug-likeness (QED) is 0.685. The van der Waals surface area contributed by atoms with Crippen molar-refractivity contribution in [3.05, 3.63) is 48.0 Å². The average molecular weight is 286 g/mol. The van der Waals surface area contributed by atoms with Crippen molar-refractivity contribution in [2.75, 3.05) is 0 Å². The van der Waals surface area contributed by atoms with Gasteiger partial charge in [-0.2, -0.15) is 0 Å². The third-order valence-corrected chi connectivity index (χ3v) is 3.50. The number of hydrogen-bond acceptors (Lipinski definition) is 4. The Morgan fingerprint density at radius 2 is 1.76 bits per heavy atom. The third-order valence-electron chi connectivity index (χ3n) is 3.50. The van der Waals surface area contributed by atoms with Gasteiger partial charge in [0.05, 0.1) is 12.5 Å². The number of aliphatic hydroxyl groups excluding tert-OH is 2. The van der Waals surface area contributed by atoms with Gasteiger partial charge in [0, 0.05) is 16.3 Å². The minimum Gasteiger partial charge on any atom is -0.481 e. The van der Waals surface area contributed by atoms with Crippen LogP contribution in [0, 0.1) is 0 Å². The molecule has 2 atom stereocenters. The van der Waals surface area contributed by atoms with E-state index in [-0.39, 0.29) is 0 Å². The highest BCUT2D eigenvalue weighted by Crippen LogP contribution is 2.34. The molecular weight excluding hydrogens is 272 g/mol. The molecule has 5 heteroatoms. The van der Waals surface area contributed by atoms with Gasteiger partial charge in [-0.15, -0.1) is 0 Å². The van der Waals surface area contributed by atoms with E-state index in [4.69, 9.17) is 9.52 Å². The van der Waals surface area contributed by atoms with E-state index in [9.17, 15) is 15.0 Å². The number of hydrogen-bond donors (Lipinski definition) is 3. The zero-order valence-electron chi connectivity index (χ0n) is 11.1. The number of para-hydroxylation sites is 2. The van der Waals surface area contributed by atoms with Gasteiger partial charge in [0.1, 0.15) is 17.3 Å². The Labute approximate surface area is 120 Å². The summed E-state index contributed by atoms with van der Waals surface area (Å²) in [5.41, 5.74) is 1.54. The minimum atomic E-state index is -1.39. The van der Waals surface area contributed by atoms with E-state index in [0.29, 0.717) is 16.7 Å². The highest BCUT2D eigenvalue weighted by atomic mass is 16.4. The fraction of sp³-hybridized carbons (Fsp3) is 0.188. The molecule has 1 heterocycles. The summed E-state index contributed by atoms with van der Waals surface area (Å²) in [6, 6.07) is 12.7. The van der Waals surface area contributed by atoms with E-state index in [2.05, 4.69) is 0 Å². The first-order chi connectivity index (χ1) is 10.1. The first-order valence-electron chi connectivity index (χ1n) is 6.56. The maximum absolute atomic E-state index is 10.7. The molecule has 21 heavy (non-hydrogen) atoms. The Kier molecular flexibility index (Phi) is 3.37. The van der Waals surface area contributed by atoms with Crippen molar-refractivity contribution in [3.63, 3.8) is 0 Å². The molecule has 3 rings (SSSR count). The molecule has 2 aromatic carbocycles. The summed E-state index contributed by atoms with van der Waals surface area (Å²) >= 11 is 0. The van der Waals surface area contributed by atoms with E-state index in [0.717, 1.165) is 10.8 Å². The van der Waals surface area contributed by atoms with Crippen LogP contribution in [0.4, 0.5) is 0 Å². The summed E-state index contributed by atoms with van der Waals surface area (Å²) in [7, 11) is 0. The summed E-state index contributed by atoms with van der Waals surface area (Å²) < 4.78 is 5.74. The second-order valence-electron chi connectivity index (χ2n) is 4.93. The standard InChI is InChI=1S/C16H14O5/c17-12(8-14(18)19)15(20)11-6-3-5-10-9-4-1-2-7-13(9)21-16(10)11/h1-7,12,15,17,20H,8H2,(H,18,19). The predicted octanol–water partition coefficient (Wildman–Crippen LogP) is 2.46. The molecule has 2 unspecified atom stereocenters. The van der Waals surface area contributed by atoms with E-state index >= 15 is 0 Å². The molecule has 0 aliphatic carbocycles. The Bertz CT molecular complexity index is 805. The zero-order chi connectivity index (χ0) is 15.0. The Morgan fingerprint density at radius 1 is 1.05 bits per heavy atom. The van der Waals surface area contributed by atoms with Crippen LogP contribution in [-0.2, 0) is 4.79 Å². The molecule has 0 spiro atoms. The Balaban J connectivity index is 2.12. The molecule has 0 saturated heterocycles. The number of rotatable bonds is 4. The van der Waals surface area contributed by atoms with Gasteiger partial charge in [-0.25, -0.2) is 0 Å². The second-order valence-corrected chi connectivity index (χ2v) is 4.93. The maximum atomic E-state index is 10.7. The van der Waals surface area contributed by atoms with Crippen molar-refractivity contribution in [1.29, 1.82) is 0 Å². The van der Waals surface area contributed by atoms with Crippen LogP contribution >= 0.6 is 0 Å². The normalized spacial score (nSPS) is 14.4. The lowest BCUT2D eigenvalue weighted by atomic mass is 9.99. The van der Waals surface area contributed by atoms with Crippen molar-refractivity contribution in [2.45, 2.75) is 18.6 Å². The highest BCUT2D eigenvalue weighted by Gasteiger charge is 2.24. The van der Waals surface area contributed by atoms with Crippen molar-refractivity contribution in [3.8, 4) is 0 Å². The van der Waals surface area contributed by atoms with E-state index < -0.39 is 24.6 Å². The van der Waals surface area contributed by atoms with Gasteiger partial charge in [-0.3, -0.25) is 4.79 Å². The number of carbonyl (C=O) groups is 1. The summed E-state index contributed by atoms with van der Waals surface area (Å²) in [6.45, 7) is 0. The van der Waals surface area contributed by atoms with Crippen LogP contribution in [0.15, 0.2) is 46.9 Å². The summed E-state index contributed by atoms with van der Waals surface area (Å²) in [5.74, 6) is -1.17. The number of furan rings is 1. The van der Waals surface area contributed by atoms with Gasteiger partial charge >= 0.3 is 5.97 Å². The van der Waals surface area contributed by atoms with Crippen molar-refractivity contribution in [2.24, 2.45) is 0 Å². The predicted molar refractivity (Wildman–Crippen MR) is 76.9 cm³/mol. The van der Waals surface area contributed by atoms with E-state index in [1.807, 2.05) is 30.3 Å². The van der Waals surface area contributed by atoms with Crippen molar-refractivity contribution < 1.29 is 24.5 Å². The third kappa shape index (κ3) is 2.37. The van der Waals surface area contributed by atoms with Crippen LogP contribution < -0.4 is 0 Å². The van der Waals surface area contributed by atoms with Crippen LogP contribution in [0.1, 0.15) is 18.1 Å². The van der Waals surface area contributed by atoms with E-state index in [1.54, 1.807) is 12.1 Å². The maximum Gasteiger partial charge on any atom is 0.306 e. The SMILES string of the molecule is O=C(O)CC(O)C(O)c1cccc2c1oc1ccccc12. The van der Waals surface area contributed by atoms with Crippen LogP contribution in [0.25, 0.3) is 21.9 Å². The molecule has 0 aliphatic rings. The largest absolute Gasteiger partial charge is 0.481 e. The Morgan fingerprint density at radius 3 is 2.52 bits per heavy atom. The highest BCUT2D eigenvalue weighted by molar-refractivity contribution is 6.05. The molecular formula is C16H14O5. The topological polar surface area (TPSA) is 90.9 Å². The van der Waals surface area contributed by atoms with Gasteiger partial charge in [0.2, 0.25) is 0 Å². The number of carboxylic acids is 1. The molecule has 0 fully saturated rings. The molecule has 108 valence electrons. The second kappa shape index (κ2) is 5.20. The lowest BCUT2D eigenvalue weighted by Crippen LogP contribution is -2.21. The Hall–Kier alpha value is -2.37. The van der Waals surface area contributed by atoms with Gasteiger partial charge in [-0.05, 0) is 6.07 Å². The van der Waals surface area contributed by atoms with Gasteiger partial charge in [0.15, 0.2) is 0 Å². The molecule has 5 nitrogen and oxygen atoms in total. The summed E-state index contributed by atoms with van der Waals surface area (Å²) in [4.78, 5) is 10.7. The molecule has 1 aromatic heterocycles. The van der Waals surface area contributed by atoms with E-state index in [1.165, 1.54) is 0 Å². The van der Waals surface area contributed by atoms with Crippen LogP contribution in [0.2, 0.25) is 0 Å². The number of benzene rings is 2. The van der Waals surface area contributed by atoms with Crippen LogP contribution in [-0.4, -0.2) is 27.4 Å². The monoisotopic (exact) mass is 286 g/mol. The smallest absolute Gasteiger partial charge is 0.306 e. The average Bonchev–Trinajstić information content (AvgIpc) is 2.84. The lowest BCUT2D eigenvalue weighted by molar-refractivity contribution is -0.141. The van der Waals surface area contributed by atoms with Gasteiger partial charge < -0.3 is 19.7 Å². The molecule has 0 amide bonds. The van der Waals surface area contributed by atoms with Crippen LogP contribution in [0.5, 0.6) is 0 Å². The number of aliphatic carboxylic acids is 1. The molecule has 0 aliphatic heterocycles. The van der Waals surface area contributed by atoms with Gasteiger partial charge in [0.25, 0.3) is 0 Å². The molecule has 3 aromatic rings. The summed E-state index contributed by atoms with van der Waals surface area (Å²) in [5, 5.41) is 30.4. The fourth-order valence-electron chi connectivity index (χ4n) is 2.50. The fourth-order valence-corrected chi connectivity index (χ4v) is 2.50. The molecule has 3 N–H and O–H groups in total. The zero-order valence-corrected chi connectivity index (χ0v) is 11.1. The van der Waals surface area contributed by atoms with Crippen LogP contribution in [0.3, 0.4) is 0 Å².